The lowest BCUT2D eigenvalue weighted by molar-refractivity contribution is -0.170. The lowest BCUT2D eigenvalue weighted by Crippen LogP contribution is -2.52. The summed E-state index contributed by atoms with van der Waals surface area (Å²) in [7, 11) is 6.31. The van der Waals surface area contributed by atoms with Gasteiger partial charge in [-0.25, -0.2) is 4.68 Å². The molecule has 3 N–H and O–H groups in total. The van der Waals surface area contributed by atoms with Crippen LogP contribution >= 0.6 is 11.6 Å². The Morgan fingerprint density at radius 1 is 0.884 bits per heavy atom. The Morgan fingerprint density at radius 3 is 2.00 bits per heavy atom. The summed E-state index contributed by atoms with van der Waals surface area (Å²) >= 11 is 6.49. The molecule has 0 spiro atoms. The summed E-state index contributed by atoms with van der Waals surface area (Å²) in [4.78, 5) is 11.0. The zero-order valence-corrected chi connectivity index (χ0v) is 24.9. The van der Waals surface area contributed by atoms with Gasteiger partial charge in [-0.1, -0.05) is 12.1 Å². The average molecular weight is 616 g/mol. The van der Waals surface area contributed by atoms with Crippen molar-refractivity contribution in [1.29, 1.82) is 0 Å². The fourth-order valence-electron chi connectivity index (χ4n) is 5.22. The summed E-state index contributed by atoms with van der Waals surface area (Å²) in [6, 6.07) is 10.5. The molecule has 4 atom stereocenters. The molecule has 1 aliphatic heterocycles. The van der Waals surface area contributed by atoms with Gasteiger partial charge in [-0.05, 0) is 47.0 Å². The first kappa shape index (κ1) is 30.6. The zero-order chi connectivity index (χ0) is 30.7. The summed E-state index contributed by atoms with van der Waals surface area (Å²) in [6.45, 7) is 0.338. The fraction of sp³-hybridized carbons (Fsp3) is 0.414. The van der Waals surface area contributed by atoms with Crippen LogP contribution in [0.15, 0.2) is 42.6 Å². The van der Waals surface area contributed by atoms with E-state index in [1.165, 1.54) is 4.68 Å². The normalized spacial score (nSPS) is 20.2. The number of rotatable bonds is 11. The van der Waals surface area contributed by atoms with E-state index in [0.717, 1.165) is 11.1 Å². The lowest BCUT2D eigenvalue weighted by atomic mass is 9.98. The minimum Gasteiger partial charge on any atom is -0.493 e. The van der Waals surface area contributed by atoms with Crippen molar-refractivity contribution in [2.75, 3.05) is 46.6 Å². The molecule has 0 unspecified atom stereocenters. The van der Waals surface area contributed by atoms with Crippen LogP contribution in [0.2, 0.25) is 5.28 Å². The van der Waals surface area contributed by atoms with Crippen molar-refractivity contribution in [3.63, 3.8) is 0 Å². The molecule has 14 heteroatoms. The molecule has 5 rings (SSSR count). The van der Waals surface area contributed by atoms with Crippen molar-refractivity contribution in [3.8, 4) is 23.0 Å². The van der Waals surface area contributed by atoms with Crippen molar-refractivity contribution in [2.24, 2.45) is 0 Å². The Kier molecular flexibility index (Phi) is 9.37. The molecule has 0 radical (unpaired) electrons. The topological polar surface area (TPSA) is 154 Å². The summed E-state index contributed by atoms with van der Waals surface area (Å²) in [5.74, 6) is 2.85. The molecular formula is C29H34ClN5O8. The van der Waals surface area contributed by atoms with Crippen LogP contribution in [-0.2, 0) is 17.8 Å². The summed E-state index contributed by atoms with van der Waals surface area (Å²) in [5.41, 5.74) is 2.16. The second-order valence-corrected chi connectivity index (χ2v) is 10.3. The number of aliphatic hydroxyl groups is 3. The number of fused-ring (bicyclic) bond motifs is 1. The third-order valence-electron chi connectivity index (χ3n) is 7.45. The van der Waals surface area contributed by atoms with E-state index in [0.29, 0.717) is 52.9 Å². The number of ether oxygens (including phenoxy) is 5. The molecule has 13 nitrogen and oxygen atoms in total. The van der Waals surface area contributed by atoms with Gasteiger partial charge in [0.2, 0.25) is 5.28 Å². The summed E-state index contributed by atoms with van der Waals surface area (Å²) in [5, 5.41) is 35.8. The van der Waals surface area contributed by atoms with Crippen LogP contribution in [0.4, 0.5) is 5.82 Å². The maximum atomic E-state index is 10.9. The number of nitrogens with zero attached hydrogens (tertiary/aromatic N) is 5. The third-order valence-corrected chi connectivity index (χ3v) is 7.62. The summed E-state index contributed by atoms with van der Waals surface area (Å²) in [6.07, 6.45) is -1.89. The average Bonchev–Trinajstić information content (AvgIpc) is 3.44. The summed E-state index contributed by atoms with van der Waals surface area (Å²) < 4.78 is 28.9. The van der Waals surface area contributed by atoms with Crippen LogP contribution < -0.4 is 23.8 Å². The van der Waals surface area contributed by atoms with E-state index >= 15 is 0 Å². The number of benzene rings is 2. The molecule has 1 saturated heterocycles. The van der Waals surface area contributed by atoms with Gasteiger partial charge >= 0.3 is 0 Å². The molecule has 0 amide bonds. The highest BCUT2D eigenvalue weighted by atomic mass is 35.5. The third kappa shape index (κ3) is 6.12. The van der Waals surface area contributed by atoms with Crippen LogP contribution in [0.25, 0.3) is 11.0 Å². The number of halogens is 1. The first-order valence-corrected chi connectivity index (χ1v) is 13.9. The van der Waals surface area contributed by atoms with E-state index in [9.17, 15) is 15.3 Å². The molecule has 0 bridgehead atoms. The Hall–Kier alpha value is -3.88. The van der Waals surface area contributed by atoms with Gasteiger partial charge in [-0.15, -0.1) is 0 Å². The number of hydrogen-bond donors (Lipinski definition) is 3. The van der Waals surface area contributed by atoms with Crippen LogP contribution in [-0.4, -0.2) is 95.0 Å². The standard InChI is InChI=1S/C29H34ClN5O8/c1-39-20-7-5-16(9-22(20)41-3)12-34(13-17-6-8-21(40-2)23(10-17)42-4)27-18-11-31-35(28(18)33-29(30)32-27)19-15-43-24(14-36)26(38)25(19)37/h5-11,19,24-26,36-38H,12-15H2,1-4H3/t19-,24-,25+,26-/m1/s1. The Morgan fingerprint density at radius 2 is 1.47 bits per heavy atom. The van der Waals surface area contributed by atoms with Crippen molar-refractivity contribution >= 4 is 28.5 Å². The minimum atomic E-state index is -1.31. The van der Waals surface area contributed by atoms with Gasteiger partial charge in [0.25, 0.3) is 0 Å². The quantitative estimate of drug-likeness (QED) is 0.212. The molecule has 230 valence electrons. The zero-order valence-electron chi connectivity index (χ0n) is 24.2. The minimum absolute atomic E-state index is 0.00180. The first-order valence-electron chi connectivity index (χ1n) is 13.5. The van der Waals surface area contributed by atoms with Gasteiger partial charge < -0.3 is 43.9 Å². The molecule has 4 aromatic rings. The second-order valence-electron chi connectivity index (χ2n) is 9.98. The number of methoxy groups -OCH3 is 4. The number of hydrogen-bond acceptors (Lipinski definition) is 12. The predicted molar refractivity (Wildman–Crippen MR) is 157 cm³/mol. The number of aliphatic hydroxyl groups excluding tert-OH is 3. The smallest absolute Gasteiger partial charge is 0.226 e. The second kappa shape index (κ2) is 13.2. The van der Waals surface area contributed by atoms with E-state index in [2.05, 4.69) is 15.1 Å². The highest BCUT2D eigenvalue weighted by Gasteiger charge is 2.40. The molecular weight excluding hydrogens is 582 g/mol. The largest absolute Gasteiger partial charge is 0.493 e. The molecule has 1 fully saturated rings. The Bertz CT molecular complexity index is 1510. The van der Waals surface area contributed by atoms with Crippen molar-refractivity contribution < 1.29 is 39.0 Å². The van der Waals surface area contributed by atoms with Crippen LogP contribution in [0.5, 0.6) is 23.0 Å². The van der Waals surface area contributed by atoms with Crippen LogP contribution in [0.1, 0.15) is 17.2 Å². The van der Waals surface area contributed by atoms with Gasteiger partial charge in [0.1, 0.15) is 30.2 Å². The SMILES string of the molecule is COc1ccc(CN(Cc2ccc(OC)c(OC)c2)c2nc(Cl)nc3c2cnn3[C@@H]2CO[C@H](CO)[C@@H](O)[C@H]2O)cc1OC. The van der Waals surface area contributed by atoms with Gasteiger partial charge in [0.05, 0.1) is 53.2 Å². The van der Waals surface area contributed by atoms with Crippen molar-refractivity contribution in [2.45, 2.75) is 37.4 Å². The van der Waals surface area contributed by atoms with E-state index in [-0.39, 0.29) is 11.9 Å². The molecule has 0 saturated carbocycles. The van der Waals surface area contributed by atoms with E-state index in [1.807, 2.05) is 41.3 Å². The van der Waals surface area contributed by atoms with Gasteiger partial charge in [-0.2, -0.15) is 15.1 Å². The highest BCUT2D eigenvalue weighted by Crippen LogP contribution is 2.35. The molecule has 0 aliphatic carbocycles. The van der Waals surface area contributed by atoms with Gasteiger partial charge in [-0.3, -0.25) is 0 Å². The van der Waals surface area contributed by atoms with E-state index in [1.54, 1.807) is 34.6 Å². The Labute approximate surface area is 253 Å². The van der Waals surface area contributed by atoms with Crippen molar-refractivity contribution in [3.05, 3.63) is 59.0 Å². The van der Waals surface area contributed by atoms with Gasteiger partial charge in [0.15, 0.2) is 28.6 Å². The first-order chi connectivity index (χ1) is 20.8. The maximum Gasteiger partial charge on any atom is 0.226 e. The predicted octanol–water partition coefficient (Wildman–Crippen LogP) is 2.37. The molecule has 2 aromatic heterocycles. The van der Waals surface area contributed by atoms with Crippen LogP contribution in [0, 0.1) is 0 Å². The molecule has 43 heavy (non-hydrogen) atoms. The lowest BCUT2D eigenvalue weighted by Gasteiger charge is -2.36. The number of anilines is 1. The van der Waals surface area contributed by atoms with Gasteiger partial charge in [0, 0.05) is 13.1 Å². The monoisotopic (exact) mass is 615 g/mol. The molecule has 1 aliphatic rings. The van der Waals surface area contributed by atoms with E-state index in [4.69, 9.17) is 35.3 Å². The highest BCUT2D eigenvalue weighted by molar-refractivity contribution is 6.28. The number of aromatic nitrogens is 4. The van der Waals surface area contributed by atoms with Crippen molar-refractivity contribution in [1.82, 2.24) is 19.7 Å². The maximum absolute atomic E-state index is 10.9. The van der Waals surface area contributed by atoms with E-state index < -0.39 is 31.0 Å². The molecule has 3 heterocycles. The fourth-order valence-corrected chi connectivity index (χ4v) is 5.38. The van der Waals surface area contributed by atoms with Crippen LogP contribution in [0.3, 0.4) is 0 Å². The Balaban J connectivity index is 1.58. The molecule has 2 aromatic carbocycles.